The molecule has 606 valence electrons. The molecule has 0 aliphatic carbocycles. The molecule has 3 aromatic carbocycles. The first-order valence-electron chi connectivity index (χ1n) is 35.2. The Labute approximate surface area is 680 Å². The van der Waals surface area contributed by atoms with E-state index in [-0.39, 0.29) is 27.8 Å². The van der Waals surface area contributed by atoms with Gasteiger partial charge in [0, 0.05) is 80.3 Å². The number of nitrogens with zero attached hydrogens (tertiary/aromatic N) is 12. The van der Waals surface area contributed by atoms with Gasteiger partial charge in [0.25, 0.3) is 16.7 Å². The van der Waals surface area contributed by atoms with Crippen LogP contribution in [-0.4, -0.2) is 107 Å². The molecule has 3 N–H and O–H groups in total. The van der Waals surface area contributed by atoms with Crippen molar-refractivity contribution in [3.05, 3.63) is 276 Å². The molecule has 13 aromatic rings. The van der Waals surface area contributed by atoms with Gasteiger partial charge in [0.15, 0.2) is 0 Å². The highest BCUT2D eigenvalue weighted by atomic mass is 79.9. The van der Waals surface area contributed by atoms with E-state index in [1.165, 1.54) is 70.9 Å². The highest BCUT2D eigenvalue weighted by Gasteiger charge is 2.41. The standard InChI is InChI=1S/C26H30N4O4S.C23H27BrN2O4S.C22H22N4O4S.C6H5NO2.C3H4N2.3CH4/c1-17-19-20(31)30(26(5,6)23(32)34-25(2,3)4)24(33)28(16-13-18-11-8-7-9-12-18)22(19)35-21(17)29-15-10-14-27-29;1-14-16-18(27)26(23(5,6)20(28)30-22(2,3)4)21(29)25(19(16)31-17(14)24)13-12-15-10-8-7-9-11-15;1-14-16-17(27)26(22(2,3)20(28)29)21(30)24(13-10-15-8-5-4-6-9-15)19(16)31-18(14)25-12-7-11-23-25;8-6(9)5-2-1-3-7-4-5;1-2-4-5-3-1;;;/h7-12,14-15H,13,16H2,1-6H3;7-11H,12-13H2,1-6H3;4-9,11-12H,10,13H2,1-3H3,(H,28,29);1-4H,(H,8,9);1-3H,(H,4,5);3*1H4. The van der Waals surface area contributed by atoms with Crippen molar-refractivity contribution in [1.29, 1.82) is 0 Å². The Bertz CT molecular complexity index is 5830. The summed E-state index contributed by atoms with van der Waals surface area (Å²) in [5.41, 5.74) is -3.92. The van der Waals surface area contributed by atoms with Crippen molar-refractivity contribution in [1.82, 2.24) is 62.1 Å². The van der Waals surface area contributed by atoms with Crippen LogP contribution < -0.4 is 33.7 Å². The van der Waals surface area contributed by atoms with Crippen molar-refractivity contribution < 1.29 is 38.9 Å². The zero-order valence-electron chi connectivity index (χ0n) is 64.2. The van der Waals surface area contributed by atoms with Crippen molar-refractivity contribution in [2.45, 2.75) is 193 Å². The first kappa shape index (κ1) is 91.6. The number of carboxylic acid groups (broad SMARTS) is 2. The van der Waals surface area contributed by atoms with Gasteiger partial charge in [0.2, 0.25) is 0 Å². The minimum atomic E-state index is -1.70. The van der Waals surface area contributed by atoms with Crippen LogP contribution in [0.4, 0.5) is 0 Å². The van der Waals surface area contributed by atoms with Crippen molar-refractivity contribution in [3.63, 3.8) is 0 Å². The van der Waals surface area contributed by atoms with Crippen molar-refractivity contribution >= 4 is 104 Å². The second-order valence-electron chi connectivity index (χ2n) is 29.2. The van der Waals surface area contributed by atoms with Crippen molar-refractivity contribution in [2.24, 2.45) is 0 Å². The minimum Gasteiger partial charge on any atom is -0.480 e. The molecule has 0 unspecified atom stereocenters. The fourth-order valence-corrected chi connectivity index (χ4v) is 15.9. The fraction of sp³-hybridized carbons (Fsp3) is 0.349. The quantitative estimate of drug-likeness (QED) is 0.0672. The molecule has 0 saturated heterocycles. The molecule has 31 heteroatoms. The number of nitrogens with one attached hydrogen (secondary N) is 1. The van der Waals surface area contributed by atoms with E-state index < -0.39 is 85.4 Å². The second-order valence-corrected chi connectivity index (χ2v) is 33.5. The third-order valence-corrected chi connectivity index (χ3v) is 22.5. The maximum absolute atomic E-state index is 13.9. The summed E-state index contributed by atoms with van der Waals surface area (Å²) in [7, 11) is 0. The molecule has 0 fully saturated rings. The van der Waals surface area contributed by atoms with Crippen LogP contribution in [0.1, 0.15) is 149 Å². The van der Waals surface area contributed by atoms with Crippen molar-refractivity contribution in [3.8, 4) is 10.0 Å². The zero-order chi connectivity index (χ0) is 81.2. The van der Waals surface area contributed by atoms with Gasteiger partial charge in [-0.3, -0.25) is 38.2 Å². The van der Waals surface area contributed by atoms with Crippen LogP contribution in [0.2, 0.25) is 0 Å². The monoisotopic (exact) mass is 1680 g/mol. The van der Waals surface area contributed by atoms with E-state index >= 15 is 0 Å². The van der Waals surface area contributed by atoms with Gasteiger partial charge in [-0.05, 0) is 192 Å². The Morgan fingerprint density at radius 1 is 0.456 bits per heavy atom. The van der Waals surface area contributed by atoms with Gasteiger partial charge in [0.1, 0.15) is 52.3 Å². The molecule has 0 spiro atoms. The smallest absolute Gasteiger partial charge is 0.337 e. The van der Waals surface area contributed by atoms with Crippen LogP contribution in [0.25, 0.3) is 40.7 Å². The van der Waals surface area contributed by atoms with Gasteiger partial charge < -0.3 is 19.7 Å². The average Bonchev–Trinajstić information content (AvgIpc) is 1.53. The Morgan fingerprint density at radius 2 is 0.816 bits per heavy atom. The number of aryl methyl sites for hydroxylation is 9. The molecular formula is C83H100BrN13O14S3. The number of thiophene rings is 3. The summed E-state index contributed by atoms with van der Waals surface area (Å²) in [5, 5.41) is 35.5. The summed E-state index contributed by atoms with van der Waals surface area (Å²) in [6, 6.07) is 37.9. The van der Waals surface area contributed by atoms with Crippen LogP contribution in [0.15, 0.2) is 203 Å². The molecule has 114 heavy (non-hydrogen) atoms. The summed E-state index contributed by atoms with van der Waals surface area (Å²) in [6.07, 6.45) is 14.9. The summed E-state index contributed by atoms with van der Waals surface area (Å²) in [6.45, 7) is 26.0. The van der Waals surface area contributed by atoms with E-state index in [4.69, 9.17) is 14.6 Å². The van der Waals surface area contributed by atoms with Gasteiger partial charge in [0.05, 0.1) is 25.5 Å². The lowest BCUT2D eigenvalue weighted by Gasteiger charge is -2.30. The number of aromatic amines is 1. The summed E-state index contributed by atoms with van der Waals surface area (Å²) >= 11 is 7.51. The van der Waals surface area contributed by atoms with Crippen LogP contribution in [0, 0.1) is 20.8 Å². The van der Waals surface area contributed by atoms with Crippen LogP contribution in [0.5, 0.6) is 0 Å². The average molecular weight is 1680 g/mol. The SMILES string of the molecule is C.C.C.Cc1c(-n2cccn2)sc2c1c(=O)n(C(C)(C)C(=O)O)c(=O)n2CCc1ccccc1.Cc1c(-n2cccn2)sc2c1c(=O)n(C(C)(C)C(=O)OC(C)(C)C)c(=O)n2CCc1ccccc1.Cc1c(Br)sc2c1c(=O)n(C(C)(C)C(=O)OC(C)(C)C)c(=O)n2CCc1ccccc1.O=C(O)c1cccnc1.c1cn[nH]c1. The molecule has 0 aliphatic rings. The van der Waals surface area contributed by atoms with Crippen molar-refractivity contribution in [2.75, 3.05) is 0 Å². The number of hydrogen-bond donors (Lipinski definition) is 3. The number of carbonyl (C=O) groups is 4. The number of ether oxygens (including phenoxy) is 2. The molecule has 10 aromatic heterocycles. The molecule has 0 atom stereocenters. The Kier molecular flexibility index (Phi) is 30.6. The van der Waals surface area contributed by atoms with Crippen LogP contribution >= 0.6 is 49.9 Å². The zero-order valence-corrected chi connectivity index (χ0v) is 68.2. The van der Waals surface area contributed by atoms with Crippen LogP contribution in [0.3, 0.4) is 0 Å². The van der Waals surface area contributed by atoms with E-state index in [9.17, 15) is 53.1 Å². The number of aliphatic carboxylic acids is 1. The summed E-state index contributed by atoms with van der Waals surface area (Å²) in [5.74, 6) is -3.46. The maximum Gasteiger partial charge on any atom is 0.337 e. The number of rotatable bonds is 18. The summed E-state index contributed by atoms with van der Waals surface area (Å²) < 4.78 is 22.9. The molecule has 0 radical (unpaired) electrons. The largest absolute Gasteiger partial charge is 0.480 e. The molecule has 10 heterocycles. The molecular weight excluding hydrogens is 1580 g/mol. The normalized spacial score (nSPS) is 11.4. The molecule has 0 saturated carbocycles. The van der Waals surface area contributed by atoms with E-state index in [1.54, 1.807) is 150 Å². The third kappa shape index (κ3) is 20.6. The number of hydrogen-bond acceptors (Lipinski definition) is 19. The van der Waals surface area contributed by atoms with Gasteiger partial charge in [-0.25, -0.2) is 56.6 Å². The van der Waals surface area contributed by atoms with E-state index in [2.05, 4.69) is 41.3 Å². The predicted octanol–water partition coefficient (Wildman–Crippen LogP) is 14.5. The third-order valence-electron chi connectivity index (χ3n) is 17.7. The maximum atomic E-state index is 13.9. The van der Waals surface area contributed by atoms with Gasteiger partial charge >= 0.3 is 40.9 Å². The lowest BCUT2D eigenvalue weighted by Crippen LogP contribution is -2.54. The predicted molar refractivity (Wildman–Crippen MR) is 455 cm³/mol. The van der Waals surface area contributed by atoms with Gasteiger partial charge in [-0.15, -0.1) is 11.3 Å². The Hall–Kier alpha value is -11.3. The number of aromatic carboxylic acids is 1. The molecule has 0 amide bonds. The highest BCUT2D eigenvalue weighted by molar-refractivity contribution is 9.11. The number of halogens is 1. The first-order chi connectivity index (χ1) is 52.3. The number of aromatic nitrogens is 13. The molecule has 0 bridgehead atoms. The first-order valence-corrected chi connectivity index (χ1v) is 38.5. The van der Waals surface area contributed by atoms with Gasteiger partial charge in [-0.1, -0.05) is 136 Å². The van der Waals surface area contributed by atoms with E-state index in [0.29, 0.717) is 80.7 Å². The van der Waals surface area contributed by atoms with E-state index in [0.717, 1.165) is 49.7 Å². The highest BCUT2D eigenvalue weighted by Crippen LogP contribution is 2.36. The number of carboxylic acids is 2. The fourth-order valence-electron chi connectivity index (χ4n) is 11.7. The van der Waals surface area contributed by atoms with Crippen LogP contribution in [-0.2, 0) is 79.4 Å². The number of H-pyrrole nitrogens is 1. The molecule has 13 rings (SSSR count). The lowest BCUT2D eigenvalue weighted by atomic mass is 10.0. The number of carbonyl (C=O) groups excluding carboxylic acids is 2. The summed E-state index contributed by atoms with van der Waals surface area (Å²) in [4.78, 5) is 135. The molecule has 27 nitrogen and oxygen atoms in total. The van der Waals surface area contributed by atoms with Gasteiger partial charge in [-0.2, -0.15) is 15.3 Å². The second kappa shape index (κ2) is 38.0. The Morgan fingerprint density at radius 3 is 1.10 bits per heavy atom. The lowest BCUT2D eigenvalue weighted by molar-refractivity contribution is -0.165. The minimum absolute atomic E-state index is 0. The topological polar surface area (TPSA) is 336 Å². The number of pyridine rings is 1. The number of benzene rings is 3. The van der Waals surface area contributed by atoms with E-state index in [1.807, 2.05) is 111 Å². The number of fused-ring (bicyclic) bond motifs is 3. The number of esters is 2. The Balaban J connectivity index is 0.000000241. The molecule has 0 aliphatic heterocycles.